The second-order valence-electron chi connectivity index (χ2n) is 3.30. The lowest BCUT2D eigenvalue weighted by Crippen LogP contribution is -2.11. The molecule has 0 amide bonds. The maximum Gasteiger partial charge on any atom is 0.311 e. The van der Waals surface area contributed by atoms with Crippen molar-refractivity contribution in [1.29, 1.82) is 0 Å². The first-order chi connectivity index (χ1) is 8.70. The van der Waals surface area contributed by atoms with Crippen molar-refractivity contribution in [3.05, 3.63) is 40.3 Å². The number of nitrogen functional groups attached to an aromatic ring is 1. The Labute approximate surface area is 101 Å². The van der Waals surface area contributed by atoms with Crippen LogP contribution in [0.4, 0.5) is 17.3 Å². The summed E-state index contributed by atoms with van der Waals surface area (Å²) >= 11 is 0. The van der Waals surface area contributed by atoms with E-state index in [9.17, 15) is 10.1 Å². The first-order valence-corrected chi connectivity index (χ1v) is 4.96. The largest absolute Gasteiger partial charge is 0.360 e. The lowest BCUT2D eigenvalue weighted by atomic mass is 10.3. The number of hydrogen-bond donors (Lipinski definition) is 3. The summed E-state index contributed by atoms with van der Waals surface area (Å²) in [7, 11) is 0. The van der Waals surface area contributed by atoms with Crippen molar-refractivity contribution < 1.29 is 9.45 Å². The molecule has 0 aliphatic carbocycles. The number of nitro groups is 1. The van der Waals surface area contributed by atoms with Crippen LogP contribution in [0.25, 0.3) is 0 Å². The van der Waals surface area contributed by atoms with Gasteiger partial charge in [-0.1, -0.05) is 5.16 Å². The number of nitrogens with zero attached hydrogens (tertiary/aromatic N) is 3. The van der Waals surface area contributed by atoms with E-state index in [0.717, 1.165) is 0 Å². The van der Waals surface area contributed by atoms with Gasteiger partial charge in [0.25, 0.3) is 0 Å². The predicted molar refractivity (Wildman–Crippen MR) is 62.5 cm³/mol. The van der Waals surface area contributed by atoms with Gasteiger partial charge in [0.2, 0.25) is 5.82 Å². The first kappa shape index (κ1) is 11.8. The smallest absolute Gasteiger partial charge is 0.311 e. The van der Waals surface area contributed by atoms with Gasteiger partial charge >= 0.3 is 5.69 Å². The second-order valence-corrected chi connectivity index (χ2v) is 3.30. The van der Waals surface area contributed by atoms with E-state index in [1.807, 2.05) is 0 Å². The van der Waals surface area contributed by atoms with Gasteiger partial charge in [-0.25, -0.2) is 10.8 Å². The lowest BCUT2D eigenvalue weighted by molar-refractivity contribution is -0.384. The molecule has 2 rings (SSSR count). The molecule has 2 aromatic rings. The zero-order chi connectivity index (χ0) is 13.0. The number of anilines is 2. The van der Waals surface area contributed by atoms with Crippen LogP contribution in [0.2, 0.25) is 0 Å². The number of rotatable bonds is 5. The Kier molecular flexibility index (Phi) is 3.34. The summed E-state index contributed by atoms with van der Waals surface area (Å²) in [6.07, 6.45) is 1.48. The molecule has 9 nitrogen and oxygen atoms in total. The Bertz CT molecular complexity index is 541. The monoisotopic (exact) mass is 250 g/mol. The molecule has 0 atom stereocenters. The standard InChI is InChI=1S/C9H10N6O3/c10-14-8-2-1-7(15(16)17)9(13-8)11-5-6-3-4-12-18-6/h1-4H,5,10H2,(H2,11,13,14). The molecule has 0 fully saturated rings. The topological polar surface area (TPSA) is 132 Å². The summed E-state index contributed by atoms with van der Waals surface area (Å²) < 4.78 is 4.86. The molecular formula is C9H10N6O3. The molecule has 4 N–H and O–H groups in total. The van der Waals surface area contributed by atoms with Gasteiger partial charge < -0.3 is 15.3 Å². The van der Waals surface area contributed by atoms with E-state index in [4.69, 9.17) is 10.4 Å². The van der Waals surface area contributed by atoms with Gasteiger partial charge in [-0.15, -0.1) is 0 Å². The van der Waals surface area contributed by atoms with Gasteiger partial charge in [0.05, 0.1) is 17.7 Å². The molecule has 9 heteroatoms. The van der Waals surface area contributed by atoms with Gasteiger partial charge in [0.15, 0.2) is 5.76 Å². The molecule has 18 heavy (non-hydrogen) atoms. The highest BCUT2D eigenvalue weighted by atomic mass is 16.6. The van der Waals surface area contributed by atoms with E-state index < -0.39 is 4.92 Å². The second kappa shape index (κ2) is 5.10. The summed E-state index contributed by atoms with van der Waals surface area (Å²) in [5.41, 5.74) is 2.17. The fraction of sp³-hybridized carbons (Fsp3) is 0.111. The van der Waals surface area contributed by atoms with Crippen molar-refractivity contribution in [3.8, 4) is 0 Å². The van der Waals surface area contributed by atoms with Gasteiger partial charge in [-0.05, 0) is 6.07 Å². The maximum absolute atomic E-state index is 10.8. The zero-order valence-electron chi connectivity index (χ0n) is 9.16. The number of nitrogens with two attached hydrogens (primary N) is 1. The molecule has 0 radical (unpaired) electrons. The minimum atomic E-state index is -0.532. The van der Waals surface area contributed by atoms with E-state index in [1.165, 1.54) is 18.3 Å². The maximum atomic E-state index is 10.8. The van der Waals surface area contributed by atoms with Gasteiger partial charge in [-0.3, -0.25) is 10.1 Å². The van der Waals surface area contributed by atoms with Crippen molar-refractivity contribution >= 4 is 17.3 Å². The van der Waals surface area contributed by atoms with Crippen LogP contribution in [0.3, 0.4) is 0 Å². The van der Waals surface area contributed by atoms with Crippen LogP contribution in [0.15, 0.2) is 28.9 Å². The van der Waals surface area contributed by atoms with Crippen molar-refractivity contribution in [2.24, 2.45) is 5.84 Å². The molecule has 0 unspecified atom stereocenters. The average molecular weight is 250 g/mol. The minimum Gasteiger partial charge on any atom is -0.360 e. The Morgan fingerprint density at radius 1 is 1.44 bits per heavy atom. The fourth-order valence-corrected chi connectivity index (χ4v) is 1.31. The highest BCUT2D eigenvalue weighted by Gasteiger charge is 2.16. The SMILES string of the molecule is NNc1ccc([N+](=O)[O-])c(NCc2ccno2)n1. The molecule has 0 aliphatic rings. The third-order valence-electron chi connectivity index (χ3n) is 2.14. The zero-order valence-corrected chi connectivity index (χ0v) is 9.16. The predicted octanol–water partition coefficient (Wildman–Crippen LogP) is 0.875. The molecule has 94 valence electrons. The molecule has 0 bridgehead atoms. The third kappa shape index (κ3) is 2.52. The van der Waals surface area contributed by atoms with Gasteiger partial charge in [-0.2, -0.15) is 0 Å². The Hall–Kier alpha value is -2.68. The van der Waals surface area contributed by atoms with E-state index in [1.54, 1.807) is 6.07 Å². The normalized spacial score (nSPS) is 10.1. The highest BCUT2D eigenvalue weighted by Crippen LogP contribution is 2.24. The molecule has 0 saturated carbocycles. The van der Waals surface area contributed by atoms with Crippen molar-refractivity contribution in [3.63, 3.8) is 0 Å². The molecule has 0 aromatic carbocycles. The summed E-state index contributed by atoms with van der Waals surface area (Å²) in [6, 6.07) is 4.37. The van der Waals surface area contributed by atoms with Crippen molar-refractivity contribution in [2.75, 3.05) is 10.7 Å². The van der Waals surface area contributed by atoms with Crippen LogP contribution in [-0.2, 0) is 6.54 Å². The molecule has 0 aliphatic heterocycles. The lowest BCUT2D eigenvalue weighted by Gasteiger charge is -2.06. The van der Waals surface area contributed by atoms with Crippen LogP contribution in [0.1, 0.15) is 5.76 Å². The van der Waals surface area contributed by atoms with E-state index in [0.29, 0.717) is 11.6 Å². The minimum absolute atomic E-state index is 0.104. The van der Waals surface area contributed by atoms with E-state index in [-0.39, 0.29) is 18.1 Å². The number of hydrogen-bond acceptors (Lipinski definition) is 8. The Morgan fingerprint density at radius 2 is 2.28 bits per heavy atom. The van der Waals surface area contributed by atoms with Crippen LogP contribution < -0.4 is 16.6 Å². The third-order valence-corrected chi connectivity index (χ3v) is 2.14. The highest BCUT2D eigenvalue weighted by molar-refractivity contribution is 5.59. The Morgan fingerprint density at radius 3 is 2.89 bits per heavy atom. The molecular weight excluding hydrogens is 240 g/mol. The summed E-state index contributed by atoms with van der Waals surface area (Å²) in [4.78, 5) is 14.3. The fourth-order valence-electron chi connectivity index (χ4n) is 1.31. The molecule has 0 saturated heterocycles. The van der Waals surface area contributed by atoms with Gasteiger partial charge in [0, 0.05) is 12.1 Å². The number of hydrazine groups is 1. The first-order valence-electron chi connectivity index (χ1n) is 4.96. The molecule has 2 aromatic heterocycles. The van der Waals surface area contributed by atoms with Crippen LogP contribution in [0, 0.1) is 10.1 Å². The number of pyridine rings is 1. The Balaban J connectivity index is 2.20. The summed E-state index contributed by atoms with van der Waals surface area (Å²) in [5.74, 6) is 6.16. The van der Waals surface area contributed by atoms with Crippen molar-refractivity contribution in [1.82, 2.24) is 10.1 Å². The summed E-state index contributed by atoms with van der Waals surface area (Å²) in [5, 5.41) is 17.1. The van der Waals surface area contributed by atoms with Crippen LogP contribution in [-0.4, -0.2) is 15.1 Å². The average Bonchev–Trinajstić information content (AvgIpc) is 2.88. The van der Waals surface area contributed by atoms with Crippen LogP contribution in [0.5, 0.6) is 0 Å². The van der Waals surface area contributed by atoms with E-state index in [2.05, 4.69) is 20.9 Å². The summed E-state index contributed by atoms with van der Waals surface area (Å²) in [6.45, 7) is 0.238. The molecule has 2 heterocycles. The number of aromatic nitrogens is 2. The number of nitrogens with one attached hydrogen (secondary N) is 2. The van der Waals surface area contributed by atoms with E-state index >= 15 is 0 Å². The quantitative estimate of drug-likeness (QED) is 0.404. The van der Waals surface area contributed by atoms with Crippen LogP contribution >= 0.6 is 0 Å². The van der Waals surface area contributed by atoms with Gasteiger partial charge in [0.1, 0.15) is 5.82 Å². The van der Waals surface area contributed by atoms with Crippen molar-refractivity contribution in [2.45, 2.75) is 6.54 Å². The molecule has 0 spiro atoms.